The van der Waals surface area contributed by atoms with Gasteiger partial charge in [-0.05, 0) is 12.1 Å². The van der Waals surface area contributed by atoms with Crippen LogP contribution in [0.3, 0.4) is 0 Å². The zero-order chi connectivity index (χ0) is 9.84. The van der Waals surface area contributed by atoms with Crippen LogP contribution in [0.1, 0.15) is 6.92 Å². The van der Waals surface area contributed by atoms with Crippen LogP contribution in [0.4, 0.5) is 5.69 Å². The minimum atomic E-state index is -1.03. The van der Waals surface area contributed by atoms with Crippen LogP contribution in [-0.4, -0.2) is 14.9 Å². The Labute approximate surface area is 78.2 Å². The molecule has 0 radical (unpaired) electrons. The zero-order valence-corrected chi connectivity index (χ0v) is 7.91. The summed E-state index contributed by atoms with van der Waals surface area (Å²) in [7, 11) is -1.03. The van der Waals surface area contributed by atoms with Gasteiger partial charge in [-0.25, -0.2) is 0 Å². The van der Waals surface area contributed by atoms with Gasteiger partial charge in [-0.2, -0.15) is 0 Å². The van der Waals surface area contributed by atoms with E-state index in [1.165, 1.54) is 24.3 Å². The van der Waals surface area contributed by atoms with Gasteiger partial charge in [0.1, 0.15) is 0 Å². The molecule has 4 nitrogen and oxygen atoms in total. The monoisotopic (exact) mass is 199 g/mol. The van der Waals surface area contributed by atoms with Gasteiger partial charge in [-0.1, -0.05) is 6.92 Å². The van der Waals surface area contributed by atoms with Crippen molar-refractivity contribution in [2.24, 2.45) is 0 Å². The van der Waals surface area contributed by atoms with Crippen molar-refractivity contribution in [2.45, 2.75) is 11.8 Å². The van der Waals surface area contributed by atoms with Crippen LogP contribution in [0.25, 0.3) is 0 Å². The molecule has 0 aromatic heterocycles. The zero-order valence-electron chi connectivity index (χ0n) is 7.10. The van der Waals surface area contributed by atoms with Crippen molar-refractivity contribution in [3.8, 4) is 0 Å². The highest BCUT2D eigenvalue weighted by Gasteiger charge is 2.06. The fourth-order valence-electron chi connectivity index (χ4n) is 0.886. The first-order valence-electron chi connectivity index (χ1n) is 3.78. The molecule has 5 heteroatoms. The molecule has 1 rings (SSSR count). The maximum absolute atomic E-state index is 11.2. The van der Waals surface area contributed by atoms with Crippen LogP contribution < -0.4 is 0 Å². The number of hydrogen-bond donors (Lipinski definition) is 0. The second kappa shape index (κ2) is 4.13. The van der Waals surface area contributed by atoms with Gasteiger partial charge in [0.05, 0.1) is 15.7 Å². The quantitative estimate of drug-likeness (QED) is 0.550. The highest BCUT2D eigenvalue weighted by molar-refractivity contribution is 7.85. The molecule has 1 atom stereocenters. The fraction of sp³-hybridized carbons (Fsp3) is 0.250. The number of nitro groups is 1. The third-order valence-electron chi connectivity index (χ3n) is 1.57. The van der Waals surface area contributed by atoms with Gasteiger partial charge in [0.25, 0.3) is 5.69 Å². The number of nitrogens with zero attached hydrogens (tertiary/aromatic N) is 1. The largest absolute Gasteiger partial charge is 0.269 e. The van der Waals surface area contributed by atoms with Gasteiger partial charge in [-0.3, -0.25) is 14.3 Å². The Hall–Kier alpha value is -1.23. The van der Waals surface area contributed by atoms with E-state index in [0.29, 0.717) is 10.6 Å². The lowest BCUT2D eigenvalue weighted by Gasteiger charge is -1.97. The molecule has 0 fully saturated rings. The molecule has 0 heterocycles. The molecule has 1 unspecified atom stereocenters. The van der Waals surface area contributed by atoms with E-state index in [-0.39, 0.29) is 5.69 Å². The van der Waals surface area contributed by atoms with Crippen molar-refractivity contribution in [2.75, 3.05) is 5.75 Å². The van der Waals surface area contributed by atoms with Crippen molar-refractivity contribution in [3.63, 3.8) is 0 Å². The Balaban J connectivity index is 2.93. The normalized spacial score (nSPS) is 12.4. The SMILES string of the molecule is CCS(=O)c1ccc([N+](=O)[O-])cc1. The third kappa shape index (κ3) is 2.35. The fourth-order valence-corrected chi connectivity index (χ4v) is 1.66. The Bertz CT molecular complexity index is 334. The summed E-state index contributed by atoms with van der Waals surface area (Å²) < 4.78 is 11.2. The number of nitro benzene ring substituents is 1. The lowest BCUT2D eigenvalue weighted by Crippen LogP contribution is -1.94. The van der Waals surface area contributed by atoms with E-state index in [1.54, 1.807) is 6.92 Å². The van der Waals surface area contributed by atoms with Crippen LogP contribution in [0, 0.1) is 10.1 Å². The van der Waals surface area contributed by atoms with Gasteiger partial charge in [-0.15, -0.1) is 0 Å². The van der Waals surface area contributed by atoms with E-state index >= 15 is 0 Å². The van der Waals surface area contributed by atoms with Crippen LogP contribution in [-0.2, 0) is 10.8 Å². The standard InChI is InChI=1S/C8H9NO3S/c1-2-13(12)8-5-3-7(4-6-8)9(10)11/h3-6H,2H2,1H3. The molecule has 0 saturated carbocycles. The van der Waals surface area contributed by atoms with Crippen molar-refractivity contribution >= 4 is 16.5 Å². The van der Waals surface area contributed by atoms with Crippen LogP contribution in [0.5, 0.6) is 0 Å². The Morgan fingerprint density at radius 2 is 1.92 bits per heavy atom. The molecule has 70 valence electrons. The predicted octanol–water partition coefficient (Wildman–Crippen LogP) is 1.72. The Kier molecular flexibility index (Phi) is 3.13. The lowest BCUT2D eigenvalue weighted by molar-refractivity contribution is -0.384. The predicted molar refractivity (Wildman–Crippen MR) is 50.0 cm³/mol. The molecule has 0 aliphatic rings. The van der Waals surface area contributed by atoms with Crippen LogP contribution in [0.15, 0.2) is 29.2 Å². The summed E-state index contributed by atoms with van der Waals surface area (Å²) in [5.74, 6) is 0.526. The van der Waals surface area contributed by atoms with Gasteiger partial charge < -0.3 is 0 Å². The van der Waals surface area contributed by atoms with E-state index in [2.05, 4.69) is 0 Å². The summed E-state index contributed by atoms with van der Waals surface area (Å²) in [5, 5.41) is 10.3. The lowest BCUT2D eigenvalue weighted by atomic mass is 10.3. The summed E-state index contributed by atoms with van der Waals surface area (Å²) in [5.41, 5.74) is 0.0249. The maximum atomic E-state index is 11.2. The average Bonchev–Trinajstić information content (AvgIpc) is 2.17. The number of non-ortho nitro benzene ring substituents is 1. The molecule has 13 heavy (non-hydrogen) atoms. The second-order valence-electron chi connectivity index (χ2n) is 2.39. The molecule has 0 aliphatic carbocycles. The molecule has 0 N–H and O–H groups in total. The maximum Gasteiger partial charge on any atom is 0.269 e. The molecule has 0 amide bonds. The van der Waals surface area contributed by atoms with E-state index in [0.717, 1.165) is 0 Å². The van der Waals surface area contributed by atoms with Gasteiger partial charge in [0, 0.05) is 22.8 Å². The molecule has 0 saturated heterocycles. The first kappa shape index (κ1) is 9.85. The van der Waals surface area contributed by atoms with Crippen molar-refractivity contribution in [3.05, 3.63) is 34.4 Å². The van der Waals surface area contributed by atoms with Gasteiger partial charge >= 0.3 is 0 Å². The van der Waals surface area contributed by atoms with Crippen molar-refractivity contribution in [1.29, 1.82) is 0 Å². The molecular weight excluding hydrogens is 190 g/mol. The Morgan fingerprint density at radius 3 is 2.31 bits per heavy atom. The average molecular weight is 199 g/mol. The van der Waals surface area contributed by atoms with E-state index in [9.17, 15) is 14.3 Å². The van der Waals surface area contributed by atoms with Gasteiger partial charge in [0.15, 0.2) is 0 Å². The molecule has 0 aliphatic heterocycles. The minimum Gasteiger partial charge on any atom is -0.258 e. The summed E-state index contributed by atoms with van der Waals surface area (Å²) in [6, 6.07) is 5.78. The highest BCUT2D eigenvalue weighted by atomic mass is 32.2. The van der Waals surface area contributed by atoms with Crippen LogP contribution >= 0.6 is 0 Å². The smallest absolute Gasteiger partial charge is 0.258 e. The highest BCUT2D eigenvalue weighted by Crippen LogP contribution is 2.14. The van der Waals surface area contributed by atoms with E-state index in [4.69, 9.17) is 0 Å². The molecule has 1 aromatic carbocycles. The molecule has 0 bridgehead atoms. The summed E-state index contributed by atoms with van der Waals surface area (Å²) >= 11 is 0. The topological polar surface area (TPSA) is 60.2 Å². The molecule has 0 spiro atoms. The van der Waals surface area contributed by atoms with Crippen molar-refractivity contribution in [1.82, 2.24) is 0 Å². The first-order chi connectivity index (χ1) is 6.15. The number of benzene rings is 1. The third-order valence-corrected chi connectivity index (χ3v) is 2.89. The number of rotatable bonds is 3. The second-order valence-corrected chi connectivity index (χ2v) is 4.13. The summed E-state index contributed by atoms with van der Waals surface area (Å²) in [6.45, 7) is 1.80. The minimum absolute atomic E-state index is 0.0249. The molecule has 1 aromatic rings. The van der Waals surface area contributed by atoms with E-state index < -0.39 is 15.7 Å². The summed E-state index contributed by atoms with van der Waals surface area (Å²) in [4.78, 5) is 10.4. The van der Waals surface area contributed by atoms with Crippen molar-refractivity contribution < 1.29 is 9.13 Å². The first-order valence-corrected chi connectivity index (χ1v) is 5.10. The van der Waals surface area contributed by atoms with E-state index in [1.807, 2.05) is 0 Å². The molecular formula is C8H9NO3S. The van der Waals surface area contributed by atoms with Gasteiger partial charge in [0.2, 0.25) is 0 Å². The number of hydrogen-bond acceptors (Lipinski definition) is 3. The summed E-state index contributed by atoms with van der Waals surface area (Å²) in [6.07, 6.45) is 0. The van der Waals surface area contributed by atoms with Crippen LogP contribution in [0.2, 0.25) is 0 Å². The Morgan fingerprint density at radius 1 is 1.38 bits per heavy atom.